The van der Waals surface area contributed by atoms with E-state index in [0.717, 1.165) is 0 Å². The number of aromatic amines is 2. The zero-order valence-electron chi connectivity index (χ0n) is 26.0. The number of rotatable bonds is 0. The van der Waals surface area contributed by atoms with Gasteiger partial charge < -0.3 is 9.97 Å². The van der Waals surface area contributed by atoms with E-state index < -0.39 is 0 Å². The fourth-order valence-corrected chi connectivity index (χ4v) is 14.7. The van der Waals surface area contributed by atoms with Crippen LogP contribution in [-0.4, -0.2) is 39.9 Å². The van der Waals surface area contributed by atoms with Crippen molar-refractivity contribution in [3.8, 4) is 45.6 Å². The predicted molar refractivity (Wildman–Crippen MR) is 268 cm³/mol. The summed E-state index contributed by atoms with van der Waals surface area (Å²) in [5, 5.41) is 4.13. The summed E-state index contributed by atoms with van der Waals surface area (Å²) < 4.78 is 7.02. The zero-order chi connectivity index (χ0) is 40.1. The van der Waals surface area contributed by atoms with Crippen molar-refractivity contribution in [1.82, 2.24) is 39.9 Å². The number of aromatic nitrogens is 8. The van der Waals surface area contributed by atoms with Crippen LogP contribution in [0.25, 0.3) is 89.7 Å². The molecular formula is C32H2Br12Cl4CuN8. The molecule has 0 saturated carbocycles. The summed E-state index contributed by atoms with van der Waals surface area (Å²) in [4.78, 5) is 37.5. The van der Waals surface area contributed by atoms with Crippen LogP contribution in [0.1, 0.15) is 0 Å². The van der Waals surface area contributed by atoms with Crippen LogP contribution in [0, 0.1) is 0 Å². The smallest absolute Gasteiger partial charge is 0.165 e. The Hall–Kier alpha value is 1.68. The maximum atomic E-state index is 6.87. The Labute approximate surface area is 450 Å². The molecule has 5 heterocycles. The van der Waals surface area contributed by atoms with Gasteiger partial charge in [-0.15, -0.1) is 0 Å². The number of halogens is 16. The monoisotopic (exact) mass is 1650 g/mol. The van der Waals surface area contributed by atoms with Crippen LogP contribution >= 0.6 is 238 Å². The van der Waals surface area contributed by atoms with Gasteiger partial charge >= 0.3 is 0 Å². The second-order valence-corrected chi connectivity index (χ2v) is 22.7. The van der Waals surface area contributed by atoms with E-state index in [1.807, 2.05) is 0 Å². The van der Waals surface area contributed by atoms with Crippen LogP contribution in [0.15, 0.2) is 53.7 Å². The fourth-order valence-electron chi connectivity index (χ4n) is 6.24. The third-order valence-corrected chi connectivity index (χ3v) is 23.7. The van der Waals surface area contributed by atoms with E-state index in [1.54, 1.807) is 0 Å². The van der Waals surface area contributed by atoms with Crippen LogP contribution in [0.5, 0.6) is 0 Å². The van der Waals surface area contributed by atoms with Crippen LogP contribution in [0.2, 0.25) is 20.1 Å². The molecule has 3 aromatic heterocycles. The minimum Gasteiger partial charge on any atom is -0.324 e. The molecule has 293 valence electrons. The van der Waals surface area contributed by atoms with Crippen molar-refractivity contribution in [2.24, 2.45) is 0 Å². The van der Waals surface area contributed by atoms with Gasteiger partial charge in [-0.05, 0) is 191 Å². The zero-order valence-corrected chi connectivity index (χ0v) is 49.0. The van der Waals surface area contributed by atoms with E-state index in [1.165, 1.54) is 0 Å². The first kappa shape index (κ1) is 45.3. The number of hydrogen-bond acceptors (Lipinski definition) is 6. The molecule has 2 aliphatic rings. The summed E-state index contributed by atoms with van der Waals surface area (Å²) in [5.74, 6) is 1.20. The Balaban J connectivity index is 0.00000455. The van der Waals surface area contributed by atoms with Gasteiger partial charge in [0.15, 0.2) is 23.3 Å². The molecule has 8 bridgehead atoms. The number of benzene rings is 4. The maximum Gasteiger partial charge on any atom is 0.165 e. The van der Waals surface area contributed by atoms with E-state index in [0.29, 0.717) is 163 Å². The van der Waals surface area contributed by atoms with E-state index in [2.05, 4.69) is 201 Å². The van der Waals surface area contributed by atoms with Gasteiger partial charge in [0.2, 0.25) is 0 Å². The van der Waals surface area contributed by atoms with Crippen molar-refractivity contribution in [2.75, 3.05) is 0 Å². The quantitative estimate of drug-likeness (QED) is 0.0889. The van der Waals surface area contributed by atoms with Gasteiger partial charge in [0.05, 0.1) is 38.0 Å². The normalized spacial score (nSPS) is 12.1. The molecule has 8 nitrogen and oxygen atoms in total. The third kappa shape index (κ3) is 6.84. The minimum absolute atomic E-state index is 0. The van der Waals surface area contributed by atoms with Crippen molar-refractivity contribution < 1.29 is 17.1 Å². The van der Waals surface area contributed by atoms with Crippen molar-refractivity contribution >= 4 is 282 Å². The summed E-state index contributed by atoms with van der Waals surface area (Å²) in [6, 6.07) is 0. The Morgan fingerprint density at radius 1 is 0.281 bits per heavy atom. The van der Waals surface area contributed by atoms with Crippen LogP contribution in [0.4, 0.5) is 0 Å². The standard InChI is InChI=1S/C32H2Br12Cl4N8.Cu/c33-9-1-5(13(37)21(45)17(9)41)29-49-25(1)53-30-6-2(10(34)18(42)22(46)14(6)38)27(50-30)55-32-8-4(12(36)20(44)24(48)16(8)40)28(52-32)56-31-7-3(26(51-31)54-29)11(35)19(43)23(47)15(7)39;/h(H2,49,50,51,52,53,54,55,56);. The first-order valence-corrected chi connectivity index (χ1v) is 25.7. The van der Waals surface area contributed by atoms with Crippen molar-refractivity contribution in [2.45, 2.75) is 0 Å². The summed E-state index contributed by atoms with van der Waals surface area (Å²) in [6.45, 7) is 0. The average molecular weight is 1660 g/mol. The molecule has 0 aliphatic carbocycles. The molecule has 57 heavy (non-hydrogen) atoms. The molecule has 7 aromatic rings. The SMILES string of the molecule is Clc1c(Br)c(Br)c2c(c1Br)-c1nc-2nc2[nH]c(nc3nc(nc4[nH]c(n1)c1c(Br)c(Br)c(Cl)c(Br)c41)-c1c(Br)c(Br)c(Cl)c(Br)c1-3)c1c(Br)c(Br)c(Cl)c(Br)c21.[Cu]. The Morgan fingerprint density at radius 2 is 0.509 bits per heavy atom. The third-order valence-electron chi connectivity index (χ3n) is 8.68. The molecule has 1 radical (unpaired) electrons. The molecule has 9 rings (SSSR count). The van der Waals surface area contributed by atoms with E-state index >= 15 is 0 Å². The molecule has 2 N–H and O–H groups in total. The van der Waals surface area contributed by atoms with Crippen LogP contribution in [0.3, 0.4) is 0 Å². The number of nitrogens with zero attached hydrogens (tertiary/aromatic N) is 6. The van der Waals surface area contributed by atoms with Gasteiger partial charge in [0, 0.05) is 96.6 Å². The molecule has 25 heteroatoms. The van der Waals surface area contributed by atoms with Gasteiger partial charge in [-0.25, -0.2) is 29.9 Å². The topological polar surface area (TPSA) is 109 Å². The van der Waals surface area contributed by atoms with Gasteiger partial charge in [0.25, 0.3) is 0 Å². The molecule has 0 spiro atoms. The maximum absolute atomic E-state index is 6.87. The number of hydrogen-bond donors (Lipinski definition) is 2. The van der Waals surface area contributed by atoms with E-state index in [9.17, 15) is 0 Å². The van der Waals surface area contributed by atoms with Crippen LogP contribution < -0.4 is 0 Å². The van der Waals surface area contributed by atoms with Crippen molar-refractivity contribution in [3.63, 3.8) is 0 Å². The second-order valence-electron chi connectivity index (χ2n) is 11.6. The van der Waals surface area contributed by atoms with Gasteiger partial charge in [0.1, 0.15) is 22.6 Å². The summed E-state index contributed by atoms with van der Waals surface area (Å²) >= 11 is 72.0. The van der Waals surface area contributed by atoms with Gasteiger partial charge in [-0.3, -0.25) is 0 Å². The Kier molecular flexibility index (Phi) is 13.2. The Bertz CT molecular complexity index is 2840. The summed E-state index contributed by atoms with van der Waals surface area (Å²) in [5.41, 5.74) is 3.95. The van der Waals surface area contributed by atoms with Crippen molar-refractivity contribution in [3.05, 3.63) is 73.8 Å². The summed E-state index contributed by atoms with van der Waals surface area (Å²) in [6.07, 6.45) is 0. The first-order valence-electron chi connectivity index (χ1n) is 14.7. The molecule has 4 aromatic carbocycles. The fraction of sp³-hybridized carbons (Fsp3) is 0. The molecule has 0 amide bonds. The predicted octanol–water partition coefficient (Wildman–Crippen LogP) is 18.6. The minimum atomic E-state index is 0. The molecule has 2 aliphatic heterocycles. The molecule has 0 unspecified atom stereocenters. The number of nitrogens with one attached hydrogen (secondary N) is 2. The second kappa shape index (κ2) is 16.6. The molecule has 0 saturated heterocycles. The van der Waals surface area contributed by atoms with Crippen LogP contribution in [-0.2, 0) is 17.1 Å². The molecule has 0 fully saturated rings. The number of H-pyrrole nitrogens is 2. The average Bonchev–Trinajstić information content (AvgIpc) is 3.92. The van der Waals surface area contributed by atoms with Gasteiger partial charge in [-0.1, -0.05) is 46.4 Å². The van der Waals surface area contributed by atoms with Gasteiger partial charge in [-0.2, -0.15) is 0 Å². The molecule has 0 atom stereocenters. The first-order chi connectivity index (χ1) is 26.4. The van der Waals surface area contributed by atoms with E-state index in [-0.39, 0.29) is 17.1 Å². The Morgan fingerprint density at radius 3 is 0.807 bits per heavy atom. The molecular weight excluding hydrogens is 1660 g/mol. The summed E-state index contributed by atoms with van der Waals surface area (Å²) in [7, 11) is 0. The van der Waals surface area contributed by atoms with Crippen molar-refractivity contribution in [1.29, 1.82) is 0 Å². The number of fused-ring (bicyclic) bond motifs is 20. The van der Waals surface area contributed by atoms with E-state index in [4.69, 9.17) is 76.3 Å². The largest absolute Gasteiger partial charge is 0.324 e.